The highest BCUT2D eigenvalue weighted by molar-refractivity contribution is 6.04. The van der Waals surface area contributed by atoms with Crippen LogP contribution >= 0.6 is 0 Å². The SMILES string of the molecule is C/C(=N\NC(=O)c1cccc(C)c1)c1cccc(NC(=O)c2ccco2)c1. The summed E-state index contributed by atoms with van der Waals surface area (Å²) >= 11 is 0. The number of hydrogen-bond donors (Lipinski definition) is 2. The van der Waals surface area contributed by atoms with E-state index in [4.69, 9.17) is 4.42 Å². The first-order valence-electron chi connectivity index (χ1n) is 8.39. The summed E-state index contributed by atoms with van der Waals surface area (Å²) in [5.74, 6) is -0.379. The van der Waals surface area contributed by atoms with Gasteiger partial charge in [-0.15, -0.1) is 0 Å². The minimum atomic E-state index is -0.334. The van der Waals surface area contributed by atoms with Crippen molar-refractivity contribution < 1.29 is 14.0 Å². The quantitative estimate of drug-likeness (QED) is 0.532. The second-order valence-corrected chi connectivity index (χ2v) is 6.02. The number of hydrazone groups is 1. The zero-order valence-electron chi connectivity index (χ0n) is 15.0. The molecule has 0 spiro atoms. The van der Waals surface area contributed by atoms with Gasteiger partial charge >= 0.3 is 0 Å². The van der Waals surface area contributed by atoms with E-state index in [-0.39, 0.29) is 17.6 Å². The summed E-state index contributed by atoms with van der Waals surface area (Å²) in [7, 11) is 0. The molecule has 6 heteroatoms. The first-order valence-corrected chi connectivity index (χ1v) is 8.39. The second kappa shape index (κ2) is 8.14. The van der Waals surface area contributed by atoms with Gasteiger partial charge in [0.2, 0.25) is 0 Å². The second-order valence-electron chi connectivity index (χ2n) is 6.02. The molecule has 3 rings (SSSR count). The van der Waals surface area contributed by atoms with E-state index in [0.717, 1.165) is 11.1 Å². The topological polar surface area (TPSA) is 83.7 Å². The normalized spacial score (nSPS) is 11.1. The molecule has 136 valence electrons. The molecule has 0 unspecified atom stereocenters. The summed E-state index contributed by atoms with van der Waals surface area (Å²) in [5, 5.41) is 6.92. The maximum Gasteiger partial charge on any atom is 0.291 e. The Morgan fingerprint density at radius 2 is 1.70 bits per heavy atom. The molecule has 0 saturated heterocycles. The van der Waals surface area contributed by atoms with Crippen molar-refractivity contribution in [2.75, 3.05) is 5.32 Å². The number of anilines is 1. The molecular weight excluding hydrogens is 342 g/mol. The van der Waals surface area contributed by atoms with Gasteiger partial charge in [0.05, 0.1) is 12.0 Å². The molecule has 0 aliphatic heterocycles. The Morgan fingerprint density at radius 3 is 2.44 bits per heavy atom. The Bertz CT molecular complexity index is 991. The van der Waals surface area contributed by atoms with Gasteiger partial charge in [0.25, 0.3) is 11.8 Å². The number of amides is 2. The first-order chi connectivity index (χ1) is 13.0. The van der Waals surface area contributed by atoms with Crippen LogP contribution in [0.25, 0.3) is 0 Å². The molecule has 1 heterocycles. The lowest BCUT2D eigenvalue weighted by Crippen LogP contribution is -2.19. The van der Waals surface area contributed by atoms with Gasteiger partial charge in [0.1, 0.15) is 0 Å². The van der Waals surface area contributed by atoms with Gasteiger partial charge in [-0.25, -0.2) is 5.43 Å². The molecule has 0 atom stereocenters. The Kier molecular flexibility index (Phi) is 5.47. The lowest BCUT2D eigenvalue weighted by molar-refractivity contribution is 0.0953. The largest absolute Gasteiger partial charge is 0.459 e. The van der Waals surface area contributed by atoms with Crippen LogP contribution in [0.2, 0.25) is 0 Å². The van der Waals surface area contributed by atoms with Crippen molar-refractivity contribution in [2.45, 2.75) is 13.8 Å². The van der Waals surface area contributed by atoms with E-state index < -0.39 is 0 Å². The van der Waals surface area contributed by atoms with Crippen LogP contribution in [-0.4, -0.2) is 17.5 Å². The van der Waals surface area contributed by atoms with Gasteiger partial charge in [-0.1, -0.05) is 29.8 Å². The van der Waals surface area contributed by atoms with Gasteiger partial charge in [-0.2, -0.15) is 5.10 Å². The Morgan fingerprint density at radius 1 is 0.926 bits per heavy atom. The number of carbonyl (C=O) groups is 2. The highest BCUT2D eigenvalue weighted by Crippen LogP contribution is 2.13. The van der Waals surface area contributed by atoms with E-state index >= 15 is 0 Å². The molecule has 0 fully saturated rings. The average Bonchev–Trinajstić information content (AvgIpc) is 3.21. The van der Waals surface area contributed by atoms with Crippen LogP contribution in [0.3, 0.4) is 0 Å². The highest BCUT2D eigenvalue weighted by atomic mass is 16.3. The zero-order chi connectivity index (χ0) is 19.2. The minimum Gasteiger partial charge on any atom is -0.459 e. The maximum absolute atomic E-state index is 12.2. The summed E-state index contributed by atoms with van der Waals surface area (Å²) in [6.45, 7) is 3.71. The molecule has 0 aliphatic carbocycles. The molecule has 0 bridgehead atoms. The lowest BCUT2D eigenvalue weighted by Gasteiger charge is -2.07. The number of carbonyl (C=O) groups excluding carboxylic acids is 2. The van der Waals surface area contributed by atoms with E-state index in [0.29, 0.717) is 17.0 Å². The Balaban J connectivity index is 1.69. The van der Waals surface area contributed by atoms with Gasteiger partial charge < -0.3 is 9.73 Å². The fraction of sp³-hybridized carbons (Fsp3) is 0.0952. The van der Waals surface area contributed by atoms with Crippen LogP contribution in [0.15, 0.2) is 76.4 Å². The number of nitrogens with zero attached hydrogens (tertiary/aromatic N) is 1. The molecular formula is C21H19N3O3. The van der Waals surface area contributed by atoms with Gasteiger partial charge in [-0.3, -0.25) is 9.59 Å². The van der Waals surface area contributed by atoms with E-state index in [1.165, 1.54) is 6.26 Å². The summed E-state index contributed by atoms with van der Waals surface area (Å²) in [6.07, 6.45) is 1.44. The molecule has 0 radical (unpaired) electrons. The monoisotopic (exact) mass is 361 g/mol. The van der Waals surface area contributed by atoms with Crippen LogP contribution < -0.4 is 10.7 Å². The van der Waals surface area contributed by atoms with E-state index in [1.807, 2.05) is 25.1 Å². The molecule has 1 aromatic heterocycles. The van der Waals surface area contributed by atoms with Crippen LogP contribution in [0.4, 0.5) is 5.69 Å². The number of nitrogens with one attached hydrogen (secondary N) is 2. The predicted octanol–water partition coefficient (Wildman–Crippen LogP) is 3.99. The summed E-state index contributed by atoms with van der Waals surface area (Å²) in [4.78, 5) is 24.3. The smallest absolute Gasteiger partial charge is 0.291 e. The van der Waals surface area contributed by atoms with Crippen LogP contribution in [0.1, 0.15) is 39.0 Å². The van der Waals surface area contributed by atoms with E-state index in [2.05, 4.69) is 15.8 Å². The van der Waals surface area contributed by atoms with Crippen LogP contribution in [-0.2, 0) is 0 Å². The van der Waals surface area contributed by atoms with E-state index in [1.54, 1.807) is 49.4 Å². The molecule has 27 heavy (non-hydrogen) atoms. The minimum absolute atomic E-state index is 0.233. The number of aryl methyl sites for hydroxylation is 1. The summed E-state index contributed by atoms with van der Waals surface area (Å²) in [6, 6.07) is 17.7. The van der Waals surface area contributed by atoms with Crippen molar-refractivity contribution in [3.05, 3.63) is 89.4 Å². The van der Waals surface area contributed by atoms with Gasteiger partial charge in [0, 0.05) is 11.3 Å². The molecule has 2 N–H and O–H groups in total. The molecule has 0 aliphatic rings. The predicted molar refractivity (Wildman–Crippen MR) is 104 cm³/mol. The number of hydrogen-bond acceptors (Lipinski definition) is 4. The van der Waals surface area contributed by atoms with Crippen molar-refractivity contribution in [1.29, 1.82) is 0 Å². The standard InChI is InChI=1S/C21H19N3O3/c1-14-6-3-8-17(12-14)20(25)24-23-15(2)16-7-4-9-18(13-16)22-21(26)19-10-5-11-27-19/h3-13H,1-2H3,(H,22,26)(H,24,25)/b23-15+. The first kappa shape index (κ1) is 18.1. The van der Waals surface area contributed by atoms with Crippen molar-refractivity contribution in [1.82, 2.24) is 5.43 Å². The maximum atomic E-state index is 12.2. The third kappa shape index (κ3) is 4.70. The molecule has 2 amide bonds. The highest BCUT2D eigenvalue weighted by Gasteiger charge is 2.10. The Hall–Kier alpha value is -3.67. The molecule has 3 aromatic rings. The molecule has 0 saturated carbocycles. The average molecular weight is 361 g/mol. The van der Waals surface area contributed by atoms with Crippen LogP contribution in [0, 0.1) is 6.92 Å². The number of benzene rings is 2. The molecule has 6 nitrogen and oxygen atoms in total. The molecule has 2 aromatic carbocycles. The summed E-state index contributed by atoms with van der Waals surface area (Å²) < 4.78 is 5.08. The van der Waals surface area contributed by atoms with Crippen molar-refractivity contribution >= 4 is 23.2 Å². The Labute approximate surface area is 156 Å². The van der Waals surface area contributed by atoms with Gasteiger partial charge in [0.15, 0.2) is 5.76 Å². The zero-order valence-corrected chi connectivity index (χ0v) is 15.0. The third-order valence-corrected chi connectivity index (χ3v) is 3.89. The summed E-state index contributed by atoms with van der Waals surface area (Å²) in [5.41, 5.74) is 6.10. The van der Waals surface area contributed by atoms with Gasteiger partial charge in [-0.05, 0) is 55.8 Å². The van der Waals surface area contributed by atoms with E-state index in [9.17, 15) is 9.59 Å². The van der Waals surface area contributed by atoms with Crippen molar-refractivity contribution in [3.63, 3.8) is 0 Å². The third-order valence-electron chi connectivity index (χ3n) is 3.89. The number of furan rings is 1. The fourth-order valence-corrected chi connectivity index (χ4v) is 2.47. The fourth-order valence-electron chi connectivity index (χ4n) is 2.47. The van der Waals surface area contributed by atoms with Crippen molar-refractivity contribution in [2.24, 2.45) is 5.10 Å². The lowest BCUT2D eigenvalue weighted by atomic mass is 10.1. The van der Waals surface area contributed by atoms with Crippen LogP contribution in [0.5, 0.6) is 0 Å². The van der Waals surface area contributed by atoms with Crippen molar-refractivity contribution in [3.8, 4) is 0 Å². The number of rotatable bonds is 5.